The summed E-state index contributed by atoms with van der Waals surface area (Å²) >= 11 is 1.65. The Balaban J connectivity index is 1.99. The van der Waals surface area contributed by atoms with Crippen molar-refractivity contribution in [1.29, 1.82) is 0 Å². The number of thioether (sulfide) groups is 1. The van der Waals surface area contributed by atoms with E-state index in [0.717, 1.165) is 5.75 Å². The maximum absolute atomic E-state index is 14.3. The largest absolute Gasteiger partial charge is 0.394 e. The van der Waals surface area contributed by atoms with Gasteiger partial charge in [-0.25, -0.2) is 9.07 Å². The van der Waals surface area contributed by atoms with Crippen molar-refractivity contribution in [3.63, 3.8) is 0 Å². The number of carbonyl (C=O) groups is 1. The summed E-state index contributed by atoms with van der Waals surface area (Å²) in [6.45, 7) is -0.146. The van der Waals surface area contributed by atoms with Gasteiger partial charge in [0, 0.05) is 12.4 Å². The lowest BCUT2D eigenvalue weighted by Gasteiger charge is -2.16. The molecule has 1 atom stereocenters. The van der Waals surface area contributed by atoms with E-state index in [9.17, 15) is 14.3 Å². The Kier molecular flexibility index (Phi) is 6.31. The lowest BCUT2D eigenvalue weighted by Crippen LogP contribution is -2.38. The molecule has 0 bridgehead atoms. The maximum atomic E-state index is 14.3. The van der Waals surface area contributed by atoms with Crippen LogP contribution in [0.1, 0.15) is 16.8 Å². The number of aliphatic hydroxyl groups is 1. The zero-order valence-electron chi connectivity index (χ0n) is 14.9. The third kappa shape index (κ3) is 4.23. The van der Waals surface area contributed by atoms with Crippen molar-refractivity contribution >= 4 is 17.7 Å². The van der Waals surface area contributed by atoms with E-state index in [1.165, 1.54) is 16.9 Å². The van der Waals surface area contributed by atoms with E-state index in [4.69, 9.17) is 0 Å². The highest BCUT2D eigenvalue weighted by atomic mass is 32.2. The lowest BCUT2D eigenvalue weighted by atomic mass is 10.2. The molecule has 1 aromatic carbocycles. The molecule has 0 aliphatic heterocycles. The zero-order valence-corrected chi connectivity index (χ0v) is 15.7. The molecule has 6 nitrogen and oxygen atoms in total. The molecule has 0 spiro atoms. The van der Waals surface area contributed by atoms with Crippen molar-refractivity contribution in [2.24, 2.45) is 0 Å². The summed E-state index contributed by atoms with van der Waals surface area (Å²) in [6.07, 6.45) is 7.58. The molecule has 0 aliphatic rings. The van der Waals surface area contributed by atoms with Gasteiger partial charge in [-0.2, -0.15) is 16.9 Å². The van der Waals surface area contributed by atoms with E-state index < -0.39 is 5.82 Å². The number of aliphatic hydroxyl groups excluding tert-OH is 1. The molecule has 0 saturated heterocycles. The van der Waals surface area contributed by atoms with Crippen molar-refractivity contribution in [3.05, 3.63) is 66.4 Å². The van der Waals surface area contributed by atoms with Crippen LogP contribution in [0.4, 0.5) is 4.39 Å². The van der Waals surface area contributed by atoms with Crippen molar-refractivity contribution in [2.75, 3.05) is 18.6 Å². The molecule has 1 unspecified atom stereocenters. The number of aromatic nitrogens is 3. The monoisotopic (exact) mass is 388 g/mol. The van der Waals surface area contributed by atoms with Gasteiger partial charge in [-0.15, -0.1) is 0 Å². The molecule has 8 heteroatoms. The van der Waals surface area contributed by atoms with Crippen LogP contribution >= 0.6 is 11.8 Å². The Morgan fingerprint density at radius 2 is 2.04 bits per heavy atom. The smallest absolute Gasteiger partial charge is 0.257 e. The van der Waals surface area contributed by atoms with E-state index in [1.54, 1.807) is 46.9 Å². The van der Waals surface area contributed by atoms with Gasteiger partial charge in [0.1, 0.15) is 17.1 Å². The lowest BCUT2D eigenvalue weighted by molar-refractivity contribution is 0.0915. The number of nitrogens with zero attached hydrogens (tertiary/aromatic N) is 3. The Hall–Kier alpha value is -2.58. The quantitative estimate of drug-likeness (QED) is 0.622. The Bertz CT molecular complexity index is 895. The fraction of sp³-hybridized carbons (Fsp3) is 0.263. The van der Waals surface area contributed by atoms with E-state index in [-0.39, 0.29) is 24.2 Å². The first-order valence-corrected chi connectivity index (χ1v) is 9.92. The first-order chi connectivity index (χ1) is 13.2. The minimum Gasteiger partial charge on any atom is -0.394 e. The molecule has 0 aliphatic carbocycles. The molecule has 3 rings (SSSR count). The van der Waals surface area contributed by atoms with Crippen LogP contribution in [0.2, 0.25) is 0 Å². The summed E-state index contributed by atoms with van der Waals surface area (Å²) in [5.41, 5.74) is 0.554. The van der Waals surface area contributed by atoms with Gasteiger partial charge in [-0.3, -0.25) is 4.79 Å². The first-order valence-electron chi connectivity index (χ1n) is 8.52. The number of rotatable bonds is 8. The molecule has 2 aromatic heterocycles. The van der Waals surface area contributed by atoms with E-state index in [2.05, 4.69) is 10.4 Å². The summed E-state index contributed by atoms with van der Waals surface area (Å²) in [6, 6.07) is 9.54. The third-order valence-electron chi connectivity index (χ3n) is 4.14. The summed E-state index contributed by atoms with van der Waals surface area (Å²) in [5.74, 6) is 0.463. The van der Waals surface area contributed by atoms with Crippen molar-refractivity contribution in [1.82, 2.24) is 19.7 Å². The van der Waals surface area contributed by atoms with Gasteiger partial charge in [-0.05, 0) is 42.7 Å². The standard InChI is InChI=1S/C19H21FN4O2S/c1-27-11-8-14(13-25)22-18(26)15-12-21-24(17-7-3-2-6-16(17)20)19(15)23-9-4-5-10-23/h2-7,9-10,12,14,25H,8,11,13H2,1H3,(H,22,26). The van der Waals surface area contributed by atoms with Crippen molar-refractivity contribution in [3.8, 4) is 11.5 Å². The summed E-state index contributed by atoms with van der Waals surface area (Å²) in [7, 11) is 0. The highest BCUT2D eigenvalue weighted by Gasteiger charge is 2.23. The minimum absolute atomic E-state index is 0.146. The molecular weight excluding hydrogens is 367 g/mol. The number of amides is 1. The minimum atomic E-state index is -0.436. The van der Waals surface area contributed by atoms with Crippen LogP contribution in [0.3, 0.4) is 0 Å². The maximum Gasteiger partial charge on any atom is 0.257 e. The first kappa shape index (κ1) is 19.2. The van der Waals surface area contributed by atoms with Crippen molar-refractivity contribution < 1.29 is 14.3 Å². The van der Waals surface area contributed by atoms with Gasteiger partial charge < -0.3 is 15.0 Å². The molecule has 0 fully saturated rings. The van der Waals surface area contributed by atoms with Crippen molar-refractivity contribution in [2.45, 2.75) is 12.5 Å². The second-order valence-corrected chi connectivity index (χ2v) is 6.96. The zero-order chi connectivity index (χ0) is 19.2. The SMILES string of the molecule is CSCCC(CO)NC(=O)c1cnn(-c2ccccc2F)c1-n1cccc1. The molecule has 2 N–H and O–H groups in total. The number of para-hydroxylation sites is 1. The molecule has 2 heterocycles. The van der Waals surface area contributed by atoms with Gasteiger partial charge in [0.2, 0.25) is 0 Å². The van der Waals surface area contributed by atoms with Crippen LogP contribution in [0.15, 0.2) is 55.0 Å². The summed E-state index contributed by atoms with van der Waals surface area (Å²) in [4.78, 5) is 12.8. The third-order valence-corrected chi connectivity index (χ3v) is 4.79. The number of nitrogens with one attached hydrogen (secondary N) is 1. The van der Waals surface area contributed by atoms with Crippen LogP contribution in [-0.2, 0) is 0 Å². The Labute approximate surface area is 161 Å². The van der Waals surface area contributed by atoms with Gasteiger partial charge in [-0.1, -0.05) is 12.1 Å². The number of hydrogen-bond donors (Lipinski definition) is 2. The normalized spacial score (nSPS) is 12.1. The van der Waals surface area contributed by atoms with Crippen LogP contribution in [0.25, 0.3) is 11.5 Å². The fourth-order valence-electron chi connectivity index (χ4n) is 2.76. The molecular formula is C19H21FN4O2S. The molecule has 0 saturated carbocycles. The predicted octanol–water partition coefficient (Wildman–Crippen LogP) is 2.65. The molecule has 1 amide bonds. The predicted molar refractivity (Wildman–Crippen MR) is 104 cm³/mol. The van der Waals surface area contributed by atoms with E-state index in [0.29, 0.717) is 17.8 Å². The summed E-state index contributed by atoms with van der Waals surface area (Å²) < 4.78 is 17.4. The summed E-state index contributed by atoms with van der Waals surface area (Å²) in [5, 5.41) is 16.6. The number of benzene rings is 1. The number of hydrogen-bond acceptors (Lipinski definition) is 4. The van der Waals surface area contributed by atoms with Gasteiger partial charge in [0.05, 0.1) is 18.8 Å². The second-order valence-electron chi connectivity index (χ2n) is 5.97. The second kappa shape index (κ2) is 8.88. The van der Waals surface area contributed by atoms with Crippen LogP contribution in [0, 0.1) is 5.82 Å². The molecule has 27 heavy (non-hydrogen) atoms. The number of carbonyl (C=O) groups excluding carboxylic acids is 1. The van der Waals surface area contributed by atoms with E-state index in [1.807, 2.05) is 18.4 Å². The Morgan fingerprint density at radius 3 is 2.70 bits per heavy atom. The van der Waals surface area contributed by atoms with Gasteiger partial charge in [0.15, 0.2) is 5.82 Å². The topological polar surface area (TPSA) is 72.1 Å². The molecule has 142 valence electrons. The van der Waals surface area contributed by atoms with Crippen LogP contribution < -0.4 is 5.32 Å². The fourth-order valence-corrected chi connectivity index (χ4v) is 3.28. The molecule has 0 radical (unpaired) electrons. The average Bonchev–Trinajstić information content (AvgIpc) is 3.34. The molecule has 3 aromatic rings. The van der Waals surface area contributed by atoms with Gasteiger partial charge in [0.25, 0.3) is 5.91 Å². The van der Waals surface area contributed by atoms with Crippen LogP contribution in [0.5, 0.6) is 0 Å². The van der Waals surface area contributed by atoms with Crippen LogP contribution in [-0.4, -0.2) is 50.0 Å². The number of halogens is 1. The average molecular weight is 388 g/mol. The Morgan fingerprint density at radius 1 is 1.30 bits per heavy atom. The van der Waals surface area contributed by atoms with E-state index >= 15 is 0 Å². The highest BCUT2D eigenvalue weighted by Crippen LogP contribution is 2.22. The highest BCUT2D eigenvalue weighted by molar-refractivity contribution is 7.98. The van der Waals surface area contributed by atoms with Gasteiger partial charge >= 0.3 is 0 Å².